The third-order valence-corrected chi connectivity index (χ3v) is 2.95. The van der Waals surface area contributed by atoms with Crippen molar-refractivity contribution in [2.45, 2.75) is 13.1 Å². The first-order valence-corrected chi connectivity index (χ1v) is 6.97. The zero-order valence-corrected chi connectivity index (χ0v) is 13.1. The number of anilines is 1. The van der Waals surface area contributed by atoms with Gasteiger partial charge in [-0.25, -0.2) is 14.8 Å². The second-order valence-corrected chi connectivity index (χ2v) is 5.04. The number of nitrogens with one attached hydrogen (secondary N) is 2. The largest absolute Gasteiger partial charge is 0.481 e. The number of alkyl halides is 3. The van der Waals surface area contributed by atoms with Crippen LogP contribution in [0.15, 0.2) is 12.3 Å². The fourth-order valence-corrected chi connectivity index (χ4v) is 1.65. The second kappa shape index (κ2) is 8.31. The standard InChI is InChI=1S/C13H18F3N5O3/c1-8(10(22)23)7-21(2)12(24)19-6-5-18-11-17-4-3-9(20-11)13(14,15)16/h3-4,8H,5-7H2,1-2H3,(H,19,24)(H,22,23)(H,17,18,20). The van der Waals surface area contributed by atoms with E-state index < -0.39 is 29.8 Å². The van der Waals surface area contributed by atoms with E-state index in [-0.39, 0.29) is 25.6 Å². The van der Waals surface area contributed by atoms with Crippen molar-refractivity contribution >= 4 is 17.9 Å². The number of hydrogen-bond acceptors (Lipinski definition) is 5. The molecule has 1 heterocycles. The lowest BCUT2D eigenvalue weighted by molar-refractivity contribution is -0.142. The molecule has 1 rings (SSSR count). The van der Waals surface area contributed by atoms with E-state index in [1.807, 2.05) is 0 Å². The molecular weight excluding hydrogens is 331 g/mol. The van der Waals surface area contributed by atoms with Gasteiger partial charge >= 0.3 is 18.2 Å². The van der Waals surface area contributed by atoms with E-state index >= 15 is 0 Å². The van der Waals surface area contributed by atoms with Gasteiger partial charge in [0.05, 0.1) is 5.92 Å². The minimum atomic E-state index is -4.56. The minimum Gasteiger partial charge on any atom is -0.481 e. The molecule has 11 heteroatoms. The fraction of sp³-hybridized carbons (Fsp3) is 0.538. The Hall–Kier alpha value is -2.59. The van der Waals surface area contributed by atoms with Crippen LogP contribution in [0.3, 0.4) is 0 Å². The number of halogens is 3. The van der Waals surface area contributed by atoms with Crippen LogP contribution < -0.4 is 10.6 Å². The van der Waals surface area contributed by atoms with Gasteiger partial charge in [0, 0.05) is 32.9 Å². The number of amides is 2. The van der Waals surface area contributed by atoms with Gasteiger partial charge in [-0.05, 0) is 6.07 Å². The molecule has 0 saturated carbocycles. The van der Waals surface area contributed by atoms with Crippen LogP contribution in [-0.2, 0) is 11.0 Å². The van der Waals surface area contributed by atoms with Crippen molar-refractivity contribution < 1.29 is 27.9 Å². The van der Waals surface area contributed by atoms with Gasteiger partial charge in [-0.1, -0.05) is 6.92 Å². The molecule has 1 aromatic rings. The first kappa shape index (κ1) is 19.5. The molecule has 0 bridgehead atoms. The number of aliphatic carboxylic acids is 1. The summed E-state index contributed by atoms with van der Waals surface area (Å²) in [6.45, 7) is 1.71. The first-order chi connectivity index (χ1) is 11.1. The second-order valence-electron chi connectivity index (χ2n) is 5.04. The van der Waals surface area contributed by atoms with Gasteiger partial charge in [-0.15, -0.1) is 0 Å². The number of hydrogen-bond donors (Lipinski definition) is 3. The van der Waals surface area contributed by atoms with Crippen molar-refractivity contribution in [3.63, 3.8) is 0 Å². The van der Waals surface area contributed by atoms with Gasteiger partial charge < -0.3 is 20.6 Å². The summed E-state index contributed by atoms with van der Waals surface area (Å²) in [6.07, 6.45) is -3.57. The molecule has 0 spiro atoms. The molecule has 0 saturated heterocycles. The van der Waals surface area contributed by atoms with Crippen molar-refractivity contribution in [2.75, 3.05) is 32.0 Å². The van der Waals surface area contributed by atoms with Gasteiger partial charge in [0.15, 0.2) is 0 Å². The molecule has 0 aliphatic rings. The van der Waals surface area contributed by atoms with E-state index in [1.54, 1.807) is 0 Å². The lowest BCUT2D eigenvalue weighted by atomic mass is 10.2. The Bertz CT molecular complexity index is 582. The molecule has 0 aromatic carbocycles. The van der Waals surface area contributed by atoms with Crippen LogP contribution in [0.4, 0.5) is 23.9 Å². The Morgan fingerprint density at radius 1 is 1.38 bits per heavy atom. The molecule has 134 valence electrons. The number of urea groups is 1. The molecule has 0 aliphatic carbocycles. The fourth-order valence-electron chi connectivity index (χ4n) is 1.65. The monoisotopic (exact) mass is 349 g/mol. The normalized spacial score (nSPS) is 12.4. The average Bonchev–Trinajstić information content (AvgIpc) is 2.50. The van der Waals surface area contributed by atoms with Gasteiger partial charge in [0.1, 0.15) is 5.69 Å². The molecule has 2 amide bonds. The van der Waals surface area contributed by atoms with Crippen molar-refractivity contribution in [2.24, 2.45) is 5.92 Å². The topological polar surface area (TPSA) is 107 Å². The van der Waals surface area contributed by atoms with Crippen LogP contribution in [0.1, 0.15) is 12.6 Å². The van der Waals surface area contributed by atoms with Crippen molar-refractivity contribution in [1.82, 2.24) is 20.2 Å². The predicted octanol–water partition coefficient (Wildman–Crippen LogP) is 1.27. The lowest BCUT2D eigenvalue weighted by Gasteiger charge is -2.20. The lowest BCUT2D eigenvalue weighted by Crippen LogP contribution is -2.42. The molecule has 1 aromatic heterocycles. The maximum atomic E-state index is 12.5. The SMILES string of the molecule is CC(CN(C)C(=O)NCCNc1nccc(C(F)(F)F)n1)C(=O)O. The van der Waals surface area contributed by atoms with Gasteiger partial charge in [-0.2, -0.15) is 13.2 Å². The average molecular weight is 349 g/mol. The molecule has 0 fully saturated rings. The zero-order chi connectivity index (χ0) is 18.3. The van der Waals surface area contributed by atoms with Gasteiger partial charge in [0.2, 0.25) is 5.95 Å². The van der Waals surface area contributed by atoms with Crippen LogP contribution >= 0.6 is 0 Å². The summed E-state index contributed by atoms with van der Waals surface area (Å²) in [6, 6.07) is 0.265. The summed E-state index contributed by atoms with van der Waals surface area (Å²) in [5.74, 6) is -1.93. The molecule has 0 radical (unpaired) electrons. The van der Waals surface area contributed by atoms with Crippen molar-refractivity contribution in [3.05, 3.63) is 18.0 Å². The summed E-state index contributed by atoms with van der Waals surface area (Å²) in [4.78, 5) is 30.6. The number of rotatable bonds is 7. The van der Waals surface area contributed by atoms with Crippen LogP contribution in [0.5, 0.6) is 0 Å². The van der Waals surface area contributed by atoms with E-state index in [1.165, 1.54) is 18.9 Å². The predicted molar refractivity (Wildman–Crippen MR) is 78.4 cm³/mol. The third kappa shape index (κ3) is 6.26. The Balaban J connectivity index is 2.38. The molecule has 24 heavy (non-hydrogen) atoms. The quantitative estimate of drug-likeness (QED) is 0.640. The number of carbonyl (C=O) groups excluding carboxylic acids is 1. The molecule has 8 nitrogen and oxygen atoms in total. The van der Waals surface area contributed by atoms with Crippen LogP contribution in [-0.4, -0.2) is 58.7 Å². The van der Waals surface area contributed by atoms with Crippen molar-refractivity contribution in [1.29, 1.82) is 0 Å². The highest BCUT2D eigenvalue weighted by molar-refractivity contribution is 5.75. The number of carboxylic acids is 1. The number of carboxylic acid groups (broad SMARTS) is 1. The van der Waals surface area contributed by atoms with E-state index in [9.17, 15) is 22.8 Å². The van der Waals surface area contributed by atoms with Gasteiger partial charge in [0.25, 0.3) is 0 Å². The Morgan fingerprint density at radius 2 is 2.04 bits per heavy atom. The highest BCUT2D eigenvalue weighted by Crippen LogP contribution is 2.27. The van der Waals surface area contributed by atoms with Crippen molar-refractivity contribution in [3.8, 4) is 0 Å². The first-order valence-electron chi connectivity index (χ1n) is 6.97. The number of nitrogens with zero attached hydrogens (tertiary/aromatic N) is 3. The van der Waals surface area contributed by atoms with Gasteiger partial charge in [-0.3, -0.25) is 4.79 Å². The summed E-state index contributed by atoms with van der Waals surface area (Å²) < 4.78 is 37.5. The summed E-state index contributed by atoms with van der Waals surface area (Å²) in [5.41, 5.74) is -1.06. The van der Waals surface area contributed by atoms with Crippen LogP contribution in [0.2, 0.25) is 0 Å². The zero-order valence-electron chi connectivity index (χ0n) is 13.1. The van der Waals surface area contributed by atoms with E-state index in [2.05, 4.69) is 20.6 Å². The third-order valence-electron chi connectivity index (χ3n) is 2.95. The maximum Gasteiger partial charge on any atom is 0.433 e. The van der Waals surface area contributed by atoms with E-state index in [0.29, 0.717) is 0 Å². The number of carbonyl (C=O) groups is 2. The molecule has 1 atom stereocenters. The van der Waals surface area contributed by atoms with E-state index in [4.69, 9.17) is 5.11 Å². The Labute approximate surface area is 136 Å². The van der Waals surface area contributed by atoms with Crippen LogP contribution in [0, 0.1) is 5.92 Å². The number of aromatic nitrogens is 2. The highest BCUT2D eigenvalue weighted by atomic mass is 19.4. The van der Waals surface area contributed by atoms with E-state index in [0.717, 1.165) is 12.3 Å². The Morgan fingerprint density at radius 3 is 2.62 bits per heavy atom. The summed E-state index contributed by atoms with van der Waals surface area (Å²) in [7, 11) is 1.44. The maximum absolute atomic E-state index is 12.5. The summed E-state index contributed by atoms with van der Waals surface area (Å²) in [5, 5.41) is 13.8. The molecule has 1 unspecified atom stereocenters. The van der Waals surface area contributed by atoms with Crippen LogP contribution in [0.25, 0.3) is 0 Å². The molecular formula is C13H18F3N5O3. The highest BCUT2D eigenvalue weighted by Gasteiger charge is 2.32. The minimum absolute atomic E-state index is 0.0331. The Kier molecular flexibility index (Phi) is 6.74. The molecule has 0 aliphatic heterocycles. The summed E-state index contributed by atoms with van der Waals surface area (Å²) >= 11 is 0. The smallest absolute Gasteiger partial charge is 0.433 e. The molecule has 3 N–H and O–H groups in total.